The van der Waals surface area contributed by atoms with E-state index in [-0.39, 0.29) is 0 Å². The van der Waals surface area contributed by atoms with Gasteiger partial charge in [0.2, 0.25) is 5.95 Å². The van der Waals surface area contributed by atoms with Gasteiger partial charge in [-0.15, -0.1) is 0 Å². The number of benzene rings is 2. The predicted molar refractivity (Wildman–Crippen MR) is 105 cm³/mol. The quantitative estimate of drug-likeness (QED) is 0.709. The molecule has 27 heavy (non-hydrogen) atoms. The van der Waals surface area contributed by atoms with Gasteiger partial charge in [0.1, 0.15) is 5.82 Å². The molecule has 0 fully saturated rings. The van der Waals surface area contributed by atoms with E-state index in [4.69, 9.17) is 4.74 Å². The summed E-state index contributed by atoms with van der Waals surface area (Å²) in [4.78, 5) is 23.4. The Balaban J connectivity index is 1.68. The van der Waals surface area contributed by atoms with Crippen LogP contribution in [0.3, 0.4) is 0 Å². The lowest BCUT2D eigenvalue weighted by Gasteiger charge is -2.19. The van der Waals surface area contributed by atoms with Crippen LogP contribution < -0.4 is 10.2 Å². The summed E-state index contributed by atoms with van der Waals surface area (Å²) in [7, 11) is 1.37. The molecule has 4 rings (SSSR count). The van der Waals surface area contributed by atoms with E-state index in [1.165, 1.54) is 12.7 Å². The summed E-state index contributed by atoms with van der Waals surface area (Å²) in [5, 5.41) is 3.24. The summed E-state index contributed by atoms with van der Waals surface area (Å²) in [6.45, 7) is 2.78. The number of carbonyl (C=O) groups excluding carboxylic acids is 1. The summed E-state index contributed by atoms with van der Waals surface area (Å²) in [5.41, 5.74) is 4.40. The SMILES string of the molecule is COC(=O)c1ccccc1Nc1cc(C)nc(N2CCc3ccccc32)n1. The fourth-order valence-electron chi connectivity index (χ4n) is 3.30. The fraction of sp³-hybridized carbons (Fsp3) is 0.190. The van der Waals surface area contributed by atoms with Crippen molar-refractivity contribution >= 4 is 29.1 Å². The van der Waals surface area contributed by atoms with E-state index >= 15 is 0 Å². The first-order chi connectivity index (χ1) is 13.2. The van der Waals surface area contributed by atoms with Crippen molar-refractivity contribution in [1.29, 1.82) is 0 Å². The number of fused-ring (bicyclic) bond motifs is 1. The average molecular weight is 360 g/mol. The fourth-order valence-corrected chi connectivity index (χ4v) is 3.30. The van der Waals surface area contributed by atoms with Gasteiger partial charge < -0.3 is 15.0 Å². The van der Waals surface area contributed by atoms with Crippen molar-refractivity contribution in [2.45, 2.75) is 13.3 Å². The number of nitrogens with zero attached hydrogens (tertiary/aromatic N) is 3. The van der Waals surface area contributed by atoms with Gasteiger partial charge in [0.15, 0.2) is 0 Å². The second-order valence-electron chi connectivity index (χ2n) is 6.39. The number of anilines is 4. The number of aryl methyl sites for hydroxylation is 1. The molecule has 2 heterocycles. The molecular formula is C21H20N4O2. The predicted octanol–water partition coefficient (Wildman–Crippen LogP) is 4.01. The number of ether oxygens (including phenoxy) is 1. The molecule has 1 aromatic heterocycles. The Hall–Kier alpha value is -3.41. The Labute approximate surface area is 157 Å². The smallest absolute Gasteiger partial charge is 0.339 e. The molecule has 0 atom stereocenters. The topological polar surface area (TPSA) is 67.3 Å². The monoisotopic (exact) mass is 360 g/mol. The van der Waals surface area contributed by atoms with Gasteiger partial charge in [-0.2, -0.15) is 4.98 Å². The van der Waals surface area contributed by atoms with Crippen LogP contribution in [0.4, 0.5) is 23.1 Å². The highest BCUT2D eigenvalue weighted by molar-refractivity contribution is 5.96. The van der Waals surface area contributed by atoms with Gasteiger partial charge in [-0.3, -0.25) is 0 Å². The van der Waals surface area contributed by atoms with Crippen LogP contribution in [0.25, 0.3) is 0 Å². The molecule has 0 spiro atoms. The lowest BCUT2D eigenvalue weighted by Crippen LogP contribution is -2.17. The van der Waals surface area contributed by atoms with E-state index in [1.54, 1.807) is 12.1 Å². The van der Waals surface area contributed by atoms with Crippen LogP contribution in [0.5, 0.6) is 0 Å². The molecule has 6 nitrogen and oxygen atoms in total. The molecule has 0 unspecified atom stereocenters. The summed E-state index contributed by atoms with van der Waals surface area (Å²) in [5.74, 6) is 0.897. The molecule has 0 bridgehead atoms. The van der Waals surface area contributed by atoms with E-state index < -0.39 is 5.97 Å². The minimum absolute atomic E-state index is 0.391. The lowest BCUT2D eigenvalue weighted by atomic mass is 10.2. The number of nitrogens with one attached hydrogen (secondary N) is 1. The van der Waals surface area contributed by atoms with Crippen molar-refractivity contribution in [3.8, 4) is 0 Å². The first-order valence-electron chi connectivity index (χ1n) is 8.81. The zero-order valence-corrected chi connectivity index (χ0v) is 15.3. The molecule has 136 valence electrons. The molecular weight excluding hydrogens is 340 g/mol. The largest absolute Gasteiger partial charge is 0.465 e. The molecule has 1 aliphatic heterocycles. The van der Waals surface area contributed by atoms with Gasteiger partial charge >= 0.3 is 5.97 Å². The molecule has 0 amide bonds. The molecule has 3 aromatic rings. The number of hydrogen-bond donors (Lipinski definition) is 1. The van der Waals surface area contributed by atoms with Crippen molar-refractivity contribution < 1.29 is 9.53 Å². The van der Waals surface area contributed by atoms with E-state index in [0.717, 1.165) is 24.3 Å². The van der Waals surface area contributed by atoms with Gasteiger partial charge in [-0.25, -0.2) is 9.78 Å². The molecule has 1 N–H and O–H groups in total. The van der Waals surface area contributed by atoms with Crippen LogP contribution in [0.15, 0.2) is 54.6 Å². The number of carbonyl (C=O) groups is 1. The number of para-hydroxylation sites is 2. The summed E-state index contributed by atoms with van der Waals surface area (Å²) in [6.07, 6.45) is 0.974. The first kappa shape index (κ1) is 17.0. The summed E-state index contributed by atoms with van der Waals surface area (Å²) in [6, 6.07) is 17.4. The van der Waals surface area contributed by atoms with E-state index in [9.17, 15) is 4.79 Å². The van der Waals surface area contributed by atoms with Crippen LogP contribution in [0, 0.1) is 6.92 Å². The molecule has 0 radical (unpaired) electrons. The van der Waals surface area contributed by atoms with E-state index in [2.05, 4.69) is 38.4 Å². The third kappa shape index (κ3) is 3.33. The highest BCUT2D eigenvalue weighted by atomic mass is 16.5. The molecule has 0 saturated heterocycles. The maximum absolute atomic E-state index is 12.0. The Kier molecular flexibility index (Phi) is 4.46. The van der Waals surface area contributed by atoms with Gasteiger partial charge in [-0.05, 0) is 37.1 Å². The summed E-state index contributed by atoms with van der Waals surface area (Å²) >= 11 is 0. The molecule has 0 saturated carbocycles. The number of esters is 1. The van der Waals surface area contributed by atoms with Crippen molar-refractivity contribution in [2.24, 2.45) is 0 Å². The van der Waals surface area contributed by atoms with Gasteiger partial charge in [0.25, 0.3) is 0 Å². The third-order valence-corrected chi connectivity index (χ3v) is 4.57. The molecule has 6 heteroatoms. The maximum atomic E-state index is 12.0. The number of aromatic nitrogens is 2. The van der Waals surface area contributed by atoms with Gasteiger partial charge in [0.05, 0.1) is 18.4 Å². The highest BCUT2D eigenvalue weighted by Gasteiger charge is 2.22. The van der Waals surface area contributed by atoms with Crippen LogP contribution in [0.1, 0.15) is 21.6 Å². The van der Waals surface area contributed by atoms with E-state index in [1.807, 2.05) is 31.2 Å². The number of methoxy groups -OCH3 is 1. The van der Waals surface area contributed by atoms with Crippen LogP contribution in [-0.4, -0.2) is 29.6 Å². The second-order valence-corrected chi connectivity index (χ2v) is 6.39. The average Bonchev–Trinajstić information content (AvgIpc) is 3.11. The minimum Gasteiger partial charge on any atom is -0.465 e. The van der Waals surface area contributed by atoms with Crippen molar-refractivity contribution in [2.75, 3.05) is 23.9 Å². The molecule has 1 aliphatic rings. The molecule has 0 aliphatic carbocycles. The number of rotatable bonds is 4. The third-order valence-electron chi connectivity index (χ3n) is 4.57. The number of hydrogen-bond acceptors (Lipinski definition) is 6. The minimum atomic E-state index is -0.391. The van der Waals surface area contributed by atoms with Crippen molar-refractivity contribution in [3.63, 3.8) is 0 Å². The zero-order valence-electron chi connectivity index (χ0n) is 15.3. The van der Waals surface area contributed by atoms with Gasteiger partial charge in [0, 0.05) is 24.0 Å². The highest BCUT2D eigenvalue weighted by Crippen LogP contribution is 2.33. The normalized spacial score (nSPS) is 12.6. The Bertz CT molecular complexity index is 1000. The van der Waals surface area contributed by atoms with E-state index in [0.29, 0.717) is 23.0 Å². The zero-order chi connectivity index (χ0) is 18.8. The standard InChI is InChI=1S/C21H20N4O2/c1-14-13-19(23-17-9-5-4-8-16(17)20(26)27-2)24-21(22-14)25-12-11-15-7-3-6-10-18(15)25/h3-10,13H,11-12H2,1-2H3,(H,22,23,24). The first-order valence-corrected chi connectivity index (χ1v) is 8.81. The maximum Gasteiger partial charge on any atom is 0.339 e. The Morgan fingerprint density at radius 3 is 2.74 bits per heavy atom. The van der Waals surface area contributed by atoms with Crippen molar-refractivity contribution in [1.82, 2.24) is 9.97 Å². The Morgan fingerprint density at radius 1 is 1.11 bits per heavy atom. The summed E-state index contributed by atoms with van der Waals surface area (Å²) < 4.78 is 4.86. The van der Waals surface area contributed by atoms with Crippen molar-refractivity contribution in [3.05, 3.63) is 71.4 Å². The van der Waals surface area contributed by atoms with Crippen LogP contribution in [0.2, 0.25) is 0 Å². The Morgan fingerprint density at radius 2 is 1.89 bits per heavy atom. The van der Waals surface area contributed by atoms with Gasteiger partial charge in [-0.1, -0.05) is 30.3 Å². The molecule has 2 aromatic carbocycles. The lowest BCUT2D eigenvalue weighted by molar-refractivity contribution is 0.0602. The second kappa shape index (κ2) is 7.07. The van der Waals surface area contributed by atoms with Crippen LogP contribution >= 0.6 is 0 Å². The van der Waals surface area contributed by atoms with Crippen LogP contribution in [-0.2, 0) is 11.2 Å².